The van der Waals surface area contributed by atoms with Crippen LogP contribution in [0.5, 0.6) is 0 Å². The predicted octanol–water partition coefficient (Wildman–Crippen LogP) is 4.10. The van der Waals surface area contributed by atoms with Gasteiger partial charge in [0.15, 0.2) is 0 Å². The lowest BCUT2D eigenvalue weighted by Gasteiger charge is -2.13. The molecule has 0 unspecified atom stereocenters. The first-order valence-corrected chi connectivity index (χ1v) is 7.72. The van der Waals surface area contributed by atoms with E-state index in [0.29, 0.717) is 23.7 Å². The molecule has 1 N–H and O–H groups in total. The number of halogens is 2. The summed E-state index contributed by atoms with van der Waals surface area (Å²) in [6.45, 7) is 4.76. The van der Waals surface area contributed by atoms with Crippen LogP contribution in [0.3, 0.4) is 0 Å². The predicted molar refractivity (Wildman–Crippen MR) is 89.6 cm³/mol. The van der Waals surface area contributed by atoms with Crippen molar-refractivity contribution in [1.29, 1.82) is 0 Å². The minimum atomic E-state index is -0.382. The average Bonchev–Trinajstić information content (AvgIpc) is 2.39. The van der Waals surface area contributed by atoms with Crippen LogP contribution in [0.15, 0.2) is 18.3 Å². The third kappa shape index (κ3) is 2.98. The lowest BCUT2D eigenvalue weighted by atomic mass is 10.1. The van der Waals surface area contributed by atoms with Gasteiger partial charge in [-0.2, -0.15) is 0 Å². The van der Waals surface area contributed by atoms with Crippen LogP contribution in [0.2, 0.25) is 5.02 Å². The molecule has 0 aliphatic carbocycles. The number of carbonyl (C=O) groups is 1. The number of hydrogen-bond acceptors (Lipinski definition) is 4. The molecule has 0 saturated heterocycles. The van der Waals surface area contributed by atoms with Gasteiger partial charge in [0.2, 0.25) is 0 Å². The molecule has 0 amide bonds. The van der Waals surface area contributed by atoms with E-state index < -0.39 is 0 Å². The number of fused-ring (bicyclic) bond motifs is 1. The average molecular weight is 405 g/mol. The summed E-state index contributed by atoms with van der Waals surface area (Å²) in [6.07, 6.45) is 1.55. The van der Waals surface area contributed by atoms with E-state index in [-0.39, 0.29) is 5.97 Å². The summed E-state index contributed by atoms with van der Waals surface area (Å²) in [5, 5.41) is 4.65. The van der Waals surface area contributed by atoms with Crippen LogP contribution in [0.1, 0.15) is 24.2 Å². The van der Waals surface area contributed by atoms with Gasteiger partial charge >= 0.3 is 5.97 Å². The number of benzene rings is 1. The van der Waals surface area contributed by atoms with Gasteiger partial charge in [-0.1, -0.05) is 11.6 Å². The second kappa shape index (κ2) is 6.58. The highest BCUT2D eigenvalue weighted by Crippen LogP contribution is 2.32. The van der Waals surface area contributed by atoms with Crippen molar-refractivity contribution in [2.24, 2.45) is 0 Å². The van der Waals surface area contributed by atoms with Crippen molar-refractivity contribution in [1.82, 2.24) is 4.98 Å². The van der Waals surface area contributed by atoms with Crippen molar-refractivity contribution in [2.45, 2.75) is 13.8 Å². The SMILES string of the molecule is CCNc1c(C(=O)OCC)cnc2c(I)cc(Cl)cc12. The number of carbonyl (C=O) groups excluding carboxylic acids is 1. The number of pyridine rings is 1. The first-order chi connectivity index (χ1) is 9.58. The summed E-state index contributed by atoms with van der Waals surface area (Å²) in [5.41, 5.74) is 1.97. The Hall–Kier alpha value is -1.08. The molecule has 6 heteroatoms. The molecule has 2 aromatic rings. The molecule has 0 atom stereocenters. The van der Waals surface area contributed by atoms with Crippen LogP contribution in [0, 0.1) is 3.57 Å². The number of rotatable bonds is 4. The lowest BCUT2D eigenvalue weighted by Crippen LogP contribution is -2.11. The van der Waals surface area contributed by atoms with Gasteiger partial charge in [0, 0.05) is 26.7 Å². The Bertz CT molecular complexity index is 661. The maximum absolute atomic E-state index is 12.0. The van der Waals surface area contributed by atoms with Crippen molar-refractivity contribution in [3.63, 3.8) is 0 Å². The third-order valence-corrected chi connectivity index (χ3v) is 3.78. The molecule has 0 saturated carbocycles. The standard InChI is InChI=1S/C14H14ClIN2O2/c1-3-17-12-9-5-8(15)6-11(16)13(9)18-7-10(12)14(19)20-4-2/h5-7H,3-4H2,1-2H3,(H,17,18). The van der Waals surface area contributed by atoms with Gasteiger partial charge in [-0.15, -0.1) is 0 Å². The lowest BCUT2D eigenvalue weighted by molar-refractivity contribution is 0.0527. The summed E-state index contributed by atoms with van der Waals surface area (Å²) in [5.74, 6) is -0.382. The fourth-order valence-electron chi connectivity index (χ4n) is 1.96. The third-order valence-electron chi connectivity index (χ3n) is 2.74. The second-order valence-electron chi connectivity index (χ2n) is 4.08. The highest BCUT2D eigenvalue weighted by atomic mass is 127. The molecule has 1 aromatic carbocycles. The first kappa shape index (κ1) is 15.3. The molecule has 0 radical (unpaired) electrons. The fraction of sp³-hybridized carbons (Fsp3) is 0.286. The molecule has 1 aromatic heterocycles. The Morgan fingerprint density at radius 1 is 1.45 bits per heavy atom. The van der Waals surface area contributed by atoms with E-state index in [9.17, 15) is 4.79 Å². The molecule has 106 valence electrons. The number of nitrogens with zero attached hydrogens (tertiary/aromatic N) is 1. The van der Waals surface area contributed by atoms with Crippen molar-refractivity contribution in [3.8, 4) is 0 Å². The van der Waals surface area contributed by atoms with Crippen LogP contribution in [-0.2, 0) is 4.74 Å². The highest BCUT2D eigenvalue weighted by Gasteiger charge is 2.17. The van der Waals surface area contributed by atoms with Gasteiger partial charge in [-0.25, -0.2) is 4.79 Å². The zero-order valence-corrected chi connectivity index (χ0v) is 14.1. The minimum absolute atomic E-state index is 0.329. The van der Waals surface area contributed by atoms with Crippen LogP contribution in [0.25, 0.3) is 10.9 Å². The van der Waals surface area contributed by atoms with E-state index in [1.807, 2.05) is 19.1 Å². The van der Waals surface area contributed by atoms with Crippen LogP contribution in [0.4, 0.5) is 5.69 Å². The molecule has 20 heavy (non-hydrogen) atoms. The number of ether oxygens (including phenoxy) is 1. The molecular formula is C14H14ClIN2O2. The number of hydrogen-bond donors (Lipinski definition) is 1. The molecular weight excluding hydrogens is 391 g/mol. The molecule has 4 nitrogen and oxygen atoms in total. The van der Waals surface area contributed by atoms with Crippen molar-refractivity contribution in [3.05, 3.63) is 32.5 Å². The van der Waals surface area contributed by atoms with Gasteiger partial charge in [0.25, 0.3) is 0 Å². The van der Waals surface area contributed by atoms with Gasteiger partial charge in [0.1, 0.15) is 5.56 Å². The van der Waals surface area contributed by atoms with Gasteiger partial charge in [0.05, 0.1) is 17.8 Å². The number of anilines is 1. The molecule has 2 rings (SSSR count). The zero-order valence-electron chi connectivity index (χ0n) is 11.2. The topological polar surface area (TPSA) is 51.2 Å². The maximum Gasteiger partial charge on any atom is 0.341 e. The van der Waals surface area contributed by atoms with Gasteiger partial charge in [-0.05, 0) is 48.6 Å². The Morgan fingerprint density at radius 3 is 2.85 bits per heavy atom. The number of nitrogens with one attached hydrogen (secondary N) is 1. The van der Waals surface area contributed by atoms with Crippen LogP contribution >= 0.6 is 34.2 Å². The monoisotopic (exact) mass is 404 g/mol. The van der Waals surface area contributed by atoms with Gasteiger partial charge in [-0.3, -0.25) is 4.98 Å². The van der Waals surface area contributed by atoms with E-state index in [4.69, 9.17) is 16.3 Å². The summed E-state index contributed by atoms with van der Waals surface area (Å²) in [6, 6.07) is 3.66. The normalized spacial score (nSPS) is 10.6. The van der Waals surface area contributed by atoms with E-state index in [2.05, 4.69) is 32.9 Å². The smallest absolute Gasteiger partial charge is 0.341 e. The second-order valence-corrected chi connectivity index (χ2v) is 5.68. The van der Waals surface area contributed by atoms with Crippen LogP contribution in [-0.4, -0.2) is 24.1 Å². The van der Waals surface area contributed by atoms with Crippen molar-refractivity contribution >= 4 is 56.8 Å². The van der Waals surface area contributed by atoms with Crippen LogP contribution < -0.4 is 5.32 Å². The Morgan fingerprint density at radius 2 is 2.20 bits per heavy atom. The maximum atomic E-state index is 12.0. The van der Waals surface area contributed by atoms with Gasteiger partial charge < -0.3 is 10.1 Å². The fourth-order valence-corrected chi connectivity index (χ4v) is 3.12. The summed E-state index contributed by atoms with van der Waals surface area (Å²) in [4.78, 5) is 16.4. The molecule has 0 bridgehead atoms. The molecule has 0 spiro atoms. The zero-order chi connectivity index (χ0) is 14.7. The summed E-state index contributed by atoms with van der Waals surface area (Å²) < 4.78 is 6.01. The van der Waals surface area contributed by atoms with E-state index in [1.54, 1.807) is 13.1 Å². The molecule has 1 heterocycles. The van der Waals surface area contributed by atoms with Crippen molar-refractivity contribution < 1.29 is 9.53 Å². The first-order valence-electron chi connectivity index (χ1n) is 6.27. The number of aromatic nitrogens is 1. The highest BCUT2D eigenvalue weighted by molar-refractivity contribution is 14.1. The number of esters is 1. The Balaban J connectivity index is 2.71. The quantitative estimate of drug-likeness (QED) is 0.616. The Kier molecular flexibility index (Phi) is 5.04. The van der Waals surface area contributed by atoms with E-state index in [1.165, 1.54) is 0 Å². The summed E-state index contributed by atoms with van der Waals surface area (Å²) in [7, 11) is 0. The molecule has 0 aliphatic heterocycles. The molecule has 0 aliphatic rings. The summed E-state index contributed by atoms with van der Waals surface area (Å²) >= 11 is 8.30. The van der Waals surface area contributed by atoms with Crippen molar-refractivity contribution in [2.75, 3.05) is 18.5 Å². The van der Waals surface area contributed by atoms with E-state index in [0.717, 1.165) is 20.2 Å². The largest absolute Gasteiger partial charge is 0.462 e. The van der Waals surface area contributed by atoms with E-state index >= 15 is 0 Å². The molecule has 0 fully saturated rings. The minimum Gasteiger partial charge on any atom is -0.462 e. The Labute approximate surface area is 136 Å².